The number of nitrogens with one attached hydrogen (secondary N) is 4. The van der Waals surface area contributed by atoms with Gasteiger partial charge in [0, 0.05) is 42.2 Å². The Morgan fingerprint density at radius 3 is 1.62 bits per heavy atom. The van der Waals surface area contributed by atoms with Gasteiger partial charge in [0.2, 0.25) is 11.8 Å². The number of nitrogens with zero attached hydrogens (tertiary/aromatic N) is 6. The van der Waals surface area contributed by atoms with Gasteiger partial charge in [0.1, 0.15) is 23.7 Å². The lowest BCUT2D eigenvalue weighted by molar-refractivity contribution is -0.136. The molecule has 16 nitrogen and oxygen atoms in total. The predicted octanol–water partition coefficient (Wildman–Crippen LogP) is 4.96. The van der Waals surface area contributed by atoms with Crippen LogP contribution in [0.2, 0.25) is 0 Å². The molecule has 2 aromatic heterocycles. The number of H-pyrrole nitrogens is 2. The molecule has 6 heterocycles. The Balaban J connectivity index is 0.995. The predicted molar refractivity (Wildman–Crippen MR) is 208 cm³/mol. The number of hydrogen-bond acceptors (Lipinski definition) is 10. The molecule has 4 aliphatic heterocycles. The van der Waals surface area contributed by atoms with E-state index in [0.29, 0.717) is 24.7 Å². The molecule has 7 rings (SSSR count). The number of benzene rings is 1. The Bertz CT molecular complexity index is 2130. The molecular formula is C40H48N10O6. The van der Waals surface area contributed by atoms with E-state index in [2.05, 4.69) is 30.6 Å². The molecule has 4 N–H and O–H groups in total. The number of likely N-dealkylation sites (tertiary alicyclic amines) is 2. The Morgan fingerprint density at radius 2 is 1.12 bits per heavy atom. The topological polar surface area (TPSA) is 199 Å². The second kappa shape index (κ2) is 16.0. The number of rotatable bonds is 11. The first-order valence-corrected chi connectivity index (χ1v) is 19.1. The van der Waals surface area contributed by atoms with Crippen LogP contribution < -0.4 is 10.6 Å². The molecule has 3 aromatic rings. The minimum absolute atomic E-state index is 0.116. The van der Waals surface area contributed by atoms with Crippen LogP contribution in [0.4, 0.5) is 9.59 Å². The van der Waals surface area contributed by atoms with E-state index in [9.17, 15) is 19.2 Å². The monoisotopic (exact) mass is 764 g/mol. The van der Waals surface area contributed by atoms with E-state index in [4.69, 9.17) is 19.5 Å². The molecule has 4 atom stereocenters. The lowest BCUT2D eigenvalue weighted by Gasteiger charge is -2.30. The zero-order chi connectivity index (χ0) is 39.7. The summed E-state index contributed by atoms with van der Waals surface area (Å²) in [5.41, 5.74) is 6.75. The number of aliphatic imine (C=N–C) groups is 2. The Morgan fingerprint density at radius 1 is 0.679 bits per heavy atom. The average Bonchev–Trinajstić information content (AvgIpc) is 4.04. The van der Waals surface area contributed by atoms with Crippen LogP contribution in [0.3, 0.4) is 0 Å². The second-order valence-electron chi connectivity index (χ2n) is 15.1. The summed E-state index contributed by atoms with van der Waals surface area (Å²) < 4.78 is 9.51. The number of aromatic nitrogens is 4. The van der Waals surface area contributed by atoms with Gasteiger partial charge in [-0.05, 0) is 43.1 Å². The van der Waals surface area contributed by atoms with Crippen molar-refractivity contribution in [1.29, 1.82) is 0 Å². The molecule has 2 fully saturated rings. The summed E-state index contributed by atoms with van der Waals surface area (Å²) >= 11 is 0. The summed E-state index contributed by atoms with van der Waals surface area (Å²) in [7, 11) is 2.57. The third kappa shape index (κ3) is 7.34. The first-order valence-electron chi connectivity index (χ1n) is 19.1. The van der Waals surface area contributed by atoms with Crippen molar-refractivity contribution in [2.75, 3.05) is 27.3 Å². The van der Waals surface area contributed by atoms with Gasteiger partial charge in [-0.15, -0.1) is 0 Å². The average molecular weight is 765 g/mol. The number of methoxy groups -OCH3 is 2. The number of fused-ring (bicyclic) bond motifs is 1. The fraction of sp³-hybridized carbons (Fsp3) is 0.450. The Hall–Kier alpha value is -6.06. The van der Waals surface area contributed by atoms with Crippen LogP contribution in [0.25, 0.3) is 11.3 Å². The number of allylic oxidation sites excluding steroid dienone is 2. The van der Waals surface area contributed by atoms with E-state index in [-0.39, 0.29) is 35.7 Å². The highest BCUT2D eigenvalue weighted by Crippen LogP contribution is 2.36. The van der Waals surface area contributed by atoms with Crippen LogP contribution >= 0.6 is 0 Å². The van der Waals surface area contributed by atoms with E-state index in [1.165, 1.54) is 14.2 Å². The highest BCUT2D eigenvalue weighted by atomic mass is 16.5. The van der Waals surface area contributed by atoms with Crippen LogP contribution in [0, 0.1) is 11.8 Å². The van der Waals surface area contributed by atoms with Gasteiger partial charge in [-0.3, -0.25) is 19.6 Å². The van der Waals surface area contributed by atoms with E-state index in [1.807, 2.05) is 64.4 Å². The highest BCUT2D eigenvalue weighted by molar-refractivity contribution is 6.29. The molecule has 4 aliphatic rings. The van der Waals surface area contributed by atoms with Gasteiger partial charge < -0.3 is 39.9 Å². The van der Waals surface area contributed by atoms with Gasteiger partial charge in [-0.2, -0.15) is 0 Å². The van der Waals surface area contributed by atoms with Crippen molar-refractivity contribution >= 4 is 35.4 Å². The van der Waals surface area contributed by atoms with Crippen molar-refractivity contribution in [3.8, 4) is 11.3 Å². The molecule has 294 valence electrons. The SMILES string of the molecule is COC(=O)N[C@H](C(=O)N1CCCC1c1ncc(C2=NC=C3C2=CN=C3c2ccc(-c3cnc(C4CCCN4C(=O)[C@@H](NC(=O)OC)C(C)C)[nH]3)cc2)[nH]1)C(C)C. The van der Waals surface area contributed by atoms with Crippen LogP contribution in [0.5, 0.6) is 0 Å². The molecule has 16 heteroatoms. The molecule has 2 saturated heterocycles. The zero-order valence-electron chi connectivity index (χ0n) is 32.5. The Labute approximate surface area is 325 Å². The van der Waals surface area contributed by atoms with Gasteiger partial charge in [-0.1, -0.05) is 52.0 Å². The van der Waals surface area contributed by atoms with Gasteiger partial charge in [0.15, 0.2) is 0 Å². The first-order chi connectivity index (χ1) is 27.0. The third-order valence-electron chi connectivity index (χ3n) is 10.8. The van der Waals surface area contributed by atoms with E-state index < -0.39 is 24.3 Å². The quantitative estimate of drug-likeness (QED) is 0.210. The standard InChI is InChI=1S/C40H48N10O6/c1-21(2)31(47-39(53)55-5)37(51)49-15-7-9-29(49)35-43-19-27(45-35)23-11-13-24(14-12-23)33-25-17-42-34(26(25)18-41-33)28-20-44-36(46-28)30-10-8-16-50(30)38(52)32(22(3)4)48-40(54)56-6/h11-14,17-22,29-32H,7-10,15-16H2,1-6H3,(H,43,45)(H,44,46)(H,47,53)(H,48,54)/t29?,30?,31-,32-/m0/s1. The van der Waals surface area contributed by atoms with Crippen molar-refractivity contribution in [3.05, 3.63) is 83.1 Å². The highest BCUT2D eigenvalue weighted by Gasteiger charge is 2.39. The normalized spacial score (nSPS) is 20.0. The lowest BCUT2D eigenvalue weighted by Crippen LogP contribution is -2.51. The summed E-state index contributed by atoms with van der Waals surface area (Å²) in [6.45, 7) is 8.72. The summed E-state index contributed by atoms with van der Waals surface area (Å²) in [4.78, 5) is 80.4. The van der Waals surface area contributed by atoms with Gasteiger partial charge in [-0.25, -0.2) is 19.6 Å². The third-order valence-corrected chi connectivity index (χ3v) is 10.8. The maximum atomic E-state index is 13.6. The van der Waals surface area contributed by atoms with Crippen molar-refractivity contribution in [2.24, 2.45) is 21.8 Å². The number of carbonyl (C=O) groups is 4. The number of ether oxygens (including phenoxy) is 2. The number of imidazole rings is 2. The van der Waals surface area contributed by atoms with Gasteiger partial charge in [0.05, 0.1) is 61.5 Å². The molecule has 56 heavy (non-hydrogen) atoms. The number of amides is 4. The minimum atomic E-state index is -0.712. The number of carbonyl (C=O) groups excluding carboxylic acids is 4. The van der Waals surface area contributed by atoms with Crippen molar-refractivity contribution in [2.45, 2.75) is 77.5 Å². The van der Waals surface area contributed by atoms with E-state index in [0.717, 1.165) is 70.8 Å². The molecule has 0 radical (unpaired) electrons. The summed E-state index contributed by atoms with van der Waals surface area (Å²) in [5, 5.41) is 5.38. The fourth-order valence-electron chi connectivity index (χ4n) is 7.83. The molecule has 0 aliphatic carbocycles. The van der Waals surface area contributed by atoms with Gasteiger partial charge in [0.25, 0.3) is 0 Å². The molecule has 0 saturated carbocycles. The fourth-order valence-corrected chi connectivity index (χ4v) is 7.83. The number of hydrogen-bond donors (Lipinski definition) is 4. The van der Waals surface area contributed by atoms with Gasteiger partial charge >= 0.3 is 12.2 Å². The minimum Gasteiger partial charge on any atom is -0.453 e. The van der Waals surface area contributed by atoms with Crippen molar-refractivity contribution in [1.82, 2.24) is 40.4 Å². The summed E-state index contributed by atoms with van der Waals surface area (Å²) in [6.07, 6.45) is 9.06. The molecule has 0 spiro atoms. The second-order valence-corrected chi connectivity index (χ2v) is 15.1. The van der Waals surface area contributed by atoms with Crippen LogP contribution in [-0.2, 0) is 19.1 Å². The van der Waals surface area contributed by atoms with Crippen molar-refractivity contribution < 1.29 is 28.7 Å². The molecule has 4 amide bonds. The number of alkyl carbamates (subject to hydrolysis) is 2. The summed E-state index contributed by atoms with van der Waals surface area (Å²) in [5.74, 6) is 0.815. The largest absolute Gasteiger partial charge is 0.453 e. The van der Waals surface area contributed by atoms with E-state index in [1.54, 1.807) is 22.2 Å². The van der Waals surface area contributed by atoms with Crippen LogP contribution in [0.1, 0.15) is 88.4 Å². The smallest absolute Gasteiger partial charge is 0.407 e. The molecule has 1 aromatic carbocycles. The summed E-state index contributed by atoms with van der Waals surface area (Å²) in [6, 6.07) is 6.16. The first kappa shape index (κ1) is 38.2. The molecular weight excluding hydrogens is 717 g/mol. The zero-order valence-corrected chi connectivity index (χ0v) is 32.5. The van der Waals surface area contributed by atoms with Crippen LogP contribution in [-0.4, -0.2) is 105 Å². The van der Waals surface area contributed by atoms with Crippen LogP contribution in [0.15, 0.2) is 70.2 Å². The molecule has 2 unspecified atom stereocenters. The number of aromatic amines is 2. The maximum absolute atomic E-state index is 13.6. The Kier molecular flexibility index (Phi) is 10.9. The van der Waals surface area contributed by atoms with E-state index >= 15 is 0 Å². The molecule has 0 bridgehead atoms. The maximum Gasteiger partial charge on any atom is 0.407 e. The lowest BCUT2D eigenvalue weighted by atomic mass is 9.96. The van der Waals surface area contributed by atoms with Crippen molar-refractivity contribution in [3.63, 3.8) is 0 Å².